The molecule has 0 radical (unpaired) electrons. The van der Waals surface area contributed by atoms with Crippen molar-refractivity contribution in [2.75, 3.05) is 0 Å². The molecule has 16 heavy (non-hydrogen) atoms. The van der Waals surface area contributed by atoms with Gasteiger partial charge >= 0.3 is 0 Å². The second-order valence-electron chi connectivity index (χ2n) is 3.70. The number of nitrogens with zero attached hydrogens (tertiary/aromatic N) is 3. The van der Waals surface area contributed by atoms with Crippen molar-refractivity contribution in [2.24, 2.45) is 0 Å². The number of nitro benzene ring substituents is 1. The Bertz CT molecular complexity index is 537. The number of nitriles is 2. The Hall–Kier alpha value is -2.40. The quantitative estimate of drug-likeness (QED) is 0.525. The maximum atomic E-state index is 10.9. The number of aryl methyl sites for hydroxylation is 1. The predicted molar refractivity (Wildman–Crippen MR) is 54.3 cm³/mol. The summed E-state index contributed by atoms with van der Waals surface area (Å²) in [6.45, 7) is 0. The van der Waals surface area contributed by atoms with Gasteiger partial charge in [0.25, 0.3) is 5.69 Å². The molecule has 0 bridgehead atoms. The molecular weight excluding hydrogens is 206 g/mol. The zero-order valence-corrected chi connectivity index (χ0v) is 8.30. The average Bonchev–Trinajstić information content (AvgIpc) is 2.68. The zero-order valence-electron chi connectivity index (χ0n) is 8.30. The smallest absolute Gasteiger partial charge is 0.258 e. The average molecular weight is 213 g/mol. The molecule has 1 aliphatic rings. The lowest BCUT2D eigenvalue weighted by molar-refractivity contribution is -0.385. The summed E-state index contributed by atoms with van der Waals surface area (Å²) in [4.78, 5) is 10.3. The van der Waals surface area contributed by atoms with Gasteiger partial charge in [-0.05, 0) is 18.4 Å². The predicted octanol–water partition coefficient (Wildman–Crippen LogP) is 1.83. The lowest BCUT2D eigenvalue weighted by atomic mass is 9.84. The van der Waals surface area contributed by atoms with Gasteiger partial charge in [-0.1, -0.05) is 12.1 Å². The van der Waals surface area contributed by atoms with Gasteiger partial charge in [-0.15, -0.1) is 0 Å². The fourth-order valence-electron chi connectivity index (χ4n) is 2.14. The highest BCUT2D eigenvalue weighted by Crippen LogP contribution is 2.43. The summed E-state index contributed by atoms with van der Waals surface area (Å²) >= 11 is 0. The van der Waals surface area contributed by atoms with Crippen molar-refractivity contribution in [1.29, 1.82) is 10.5 Å². The van der Waals surface area contributed by atoms with E-state index in [9.17, 15) is 10.1 Å². The molecule has 1 aromatic rings. The Balaban J connectivity index is 2.76. The third-order valence-corrected chi connectivity index (χ3v) is 2.90. The van der Waals surface area contributed by atoms with Crippen molar-refractivity contribution in [3.63, 3.8) is 0 Å². The van der Waals surface area contributed by atoms with Crippen molar-refractivity contribution in [1.82, 2.24) is 0 Å². The minimum Gasteiger partial charge on any atom is -0.258 e. The van der Waals surface area contributed by atoms with E-state index < -0.39 is 10.3 Å². The fourth-order valence-corrected chi connectivity index (χ4v) is 2.14. The number of rotatable bonds is 1. The van der Waals surface area contributed by atoms with Crippen LogP contribution < -0.4 is 0 Å². The molecule has 5 heteroatoms. The van der Waals surface area contributed by atoms with E-state index in [-0.39, 0.29) is 11.3 Å². The van der Waals surface area contributed by atoms with Crippen LogP contribution in [0.4, 0.5) is 5.69 Å². The van der Waals surface area contributed by atoms with Crippen LogP contribution in [0.1, 0.15) is 17.5 Å². The lowest BCUT2D eigenvalue weighted by Crippen LogP contribution is -2.19. The number of benzene rings is 1. The summed E-state index contributed by atoms with van der Waals surface area (Å²) in [5.74, 6) is 0. The molecule has 2 rings (SSSR count). The molecule has 1 aliphatic carbocycles. The minimum absolute atomic E-state index is 0.127. The van der Waals surface area contributed by atoms with Gasteiger partial charge in [0, 0.05) is 6.07 Å². The molecular formula is C11H7N3O2. The molecule has 0 spiro atoms. The van der Waals surface area contributed by atoms with Gasteiger partial charge in [-0.3, -0.25) is 10.1 Å². The standard InChI is InChI=1S/C11H7N3O2/c12-6-11(7-13)5-4-8-2-1-3-9(10(8)11)14(15)16/h1-3H,4-5H2. The van der Waals surface area contributed by atoms with E-state index in [1.807, 2.05) is 12.1 Å². The molecule has 0 saturated heterocycles. The highest BCUT2D eigenvalue weighted by Gasteiger charge is 2.44. The van der Waals surface area contributed by atoms with Crippen LogP contribution >= 0.6 is 0 Å². The minimum atomic E-state index is -1.35. The molecule has 0 saturated carbocycles. The zero-order chi connectivity index (χ0) is 11.8. The summed E-state index contributed by atoms with van der Waals surface area (Å²) in [6.07, 6.45) is 0.873. The van der Waals surface area contributed by atoms with Crippen molar-refractivity contribution in [2.45, 2.75) is 18.3 Å². The Kier molecular flexibility index (Phi) is 2.10. The van der Waals surface area contributed by atoms with E-state index in [4.69, 9.17) is 10.5 Å². The van der Waals surface area contributed by atoms with E-state index in [1.165, 1.54) is 6.07 Å². The normalized spacial score (nSPS) is 15.9. The number of hydrogen-bond acceptors (Lipinski definition) is 4. The van der Waals surface area contributed by atoms with Gasteiger partial charge in [0.15, 0.2) is 5.41 Å². The third kappa shape index (κ3) is 1.15. The second-order valence-corrected chi connectivity index (χ2v) is 3.70. The molecule has 0 heterocycles. The van der Waals surface area contributed by atoms with Crippen LogP contribution in [0.5, 0.6) is 0 Å². The van der Waals surface area contributed by atoms with Gasteiger partial charge in [0.1, 0.15) is 0 Å². The van der Waals surface area contributed by atoms with Crippen LogP contribution in [0.3, 0.4) is 0 Å². The summed E-state index contributed by atoms with van der Waals surface area (Å²) < 4.78 is 0. The van der Waals surface area contributed by atoms with E-state index in [2.05, 4.69) is 0 Å². The molecule has 0 aliphatic heterocycles. The molecule has 0 unspecified atom stereocenters. The largest absolute Gasteiger partial charge is 0.275 e. The molecule has 78 valence electrons. The van der Waals surface area contributed by atoms with Crippen molar-refractivity contribution < 1.29 is 4.92 Å². The summed E-state index contributed by atoms with van der Waals surface area (Å²) in [5, 5.41) is 29.0. The molecule has 0 atom stereocenters. The number of fused-ring (bicyclic) bond motifs is 1. The highest BCUT2D eigenvalue weighted by atomic mass is 16.6. The van der Waals surface area contributed by atoms with Crippen molar-refractivity contribution in [3.05, 3.63) is 39.4 Å². The van der Waals surface area contributed by atoms with Crippen LogP contribution in [-0.4, -0.2) is 4.92 Å². The lowest BCUT2D eigenvalue weighted by Gasteiger charge is -2.11. The fraction of sp³-hybridized carbons (Fsp3) is 0.273. The van der Waals surface area contributed by atoms with Gasteiger partial charge in [-0.2, -0.15) is 10.5 Å². The van der Waals surface area contributed by atoms with Gasteiger partial charge in [-0.25, -0.2) is 0 Å². The Labute approximate surface area is 91.7 Å². The topological polar surface area (TPSA) is 90.7 Å². The maximum Gasteiger partial charge on any atom is 0.275 e. The molecule has 0 aromatic heterocycles. The molecule has 0 fully saturated rings. The van der Waals surface area contributed by atoms with Crippen LogP contribution in [-0.2, 0) is 11.8 Å². The van der Waals surface area contributed by atoms with E-state index in [0.29, 0.717) is 12.8 Å². The monoisotopic (exact) mass is 213 g/mol. The van der Waals surface area contributed by atoms with E-state index >= 15 is 0 Å². The molecule has 1 aromatic carbocycles. The van der Waals surface area contributed by atoms with Gasteiger partial charge < -0.3 is 0 Å². The van der Waals surface area contributed by atoms with Crippen molar-refractivity contribution >= 4 is 5.69 Å². The maximum absolute atomic E-state index is 10.9. The Morgan fingerprint density at radius 1 is 1.38 bits per heavy atom. The van der Waals surface area contributed by atoms with E-state index in [0.717, 1.165) is 5.56 Å². The van der Waals surface area contributed by atoms with E-state index in [1.54, 1.807) is 12.1 Å². The number of hydrogen-bond donors (Lipinski definition) is 0. The summed E-state index contributed by atoms with van der Waals surface area (Å²) in [6, 6.07) is 8.49. The van der Waals surface area contributed by atoms with Crippen LogP contribution in [0.2, 0.25) is 0 Å². The number of nitro groups is 1. The Morgan fingerprint density at radius 3 is 2.62 bits per heavy atom. The van der Waals surface area contributed by atoms with Crippen molar-refractivity contribution in [3.8, 4) is 12.1 Å². The third-order valence-electron chi connectivity index (χ3n) is 2.90. The first-order valence-corrected chi connectivity index (χ1v) is 4.74. The Morgan fingerprint density at radius 2 is 2.06 bits per heavy atom. The summed E-state index contributed by atoms with van der Waals surface area (Å²) in [5.41, 5.74) is -0.459. The first-order chi connectivity index (χ1) is 7.64. The SMILES string of the molecule is N#CC1(C#N)CCc2cccc([N+](=O)[O-])c21. The van der Waals surface area contributed by atoms with Crippen LogP contribution in [0, 0.1) is 32.8 Å². The second kappa shape index (κ2) is 3.32. The molecule has 0 amide bonds. The molecule has 5 nitrogen and oxygen atoms in total. The first kappa shape index (κ1) is 10.1. The van der Waals surface area contributed by atoms with Gasteiger partial charge in [0.05, 0.1) is 22.6 Å². The van der Waals surface area contributed by atoms with Crippen LogP contribution in [0.25, 0.3) is 0 Å². The summed E-state index contributed by atoms with van der Waals surface area (Å²) in [7, 11) is 0. The molecule has 0 N–H and O–H groups in total. The van der Waals surface area contributed by atoms with Gasteiger partial charge in [0.2, 0.25) is 0 Å². The van der Waals surface area contributed by atoms with Crippen LogP contribution in [0.15, 0.2) is 18.2 Å². The highest BCUT2D eigenvalue weighted by molar-refractivity contribution is 5.59. The first-order valence-electron chi connectivity index (χ1n) is 4.74.